The van der Waals surface area contributed by atoms with Gasteiger partial charge in [0.25, 0.3) is 0 Å². The summed E-state index contributed by atoms with van der Waals surface area (Å²) in [5.74, 6) is 0.209. The highest BCUT2D eigenvalue weighted by Crippen LogP contribution is 2.27. The van der Waals surface area contributed by atoms with Crippen LogP contribution in [0.5, 0.6) is 0 Å². The van der Waals surface area contributed by atoms with Gasteiger partial charge in [-0.2, -0.15) is 5.26 Å². The van der Waals surface area contributed by atoms with E-state index in [0.717, 1.165) is 17.6 Å². The van der Waals surface area contributed by atoms with Crippen LogP contribution in [0.2, 0.25) is 0 Å². The van der Waals surface area contributed by atoms with Crippen LogP contribution < -0.4 is 0 Å². The first-order chi connectivity index (χ1) is 10.4. The molecule has 0 fully saturated rings. The highest BCUT2D eigenvalue weighted by molar-refractivity contribution is 6.04. The lowest BCUT2D eigenvalue weighted by Crippen LogP contribution is -1.97. The molecule has 0 radical (unpaired) electrons. The highest BCUT2D eigenvalue weighted by atomic mass is 16.5. The molecule has 5 heteroatoms. The molecule has 4 rings (SSSR count). The van der Waals surface area contributed by atoms with Crippen LogP contribution in [0.1, 0.15) is 11.3 Å². The van der Waals surface area contributed by atoms with Gasteiger partial charge in [0.2, 0.25) is 5.76 Å². The number of benzene rings is 2. The topological polar surface area (TPSA) is 67.6 Å². The van der Waals surface area contributed by atoms with Crippen molar-refractivity contribution in [1.29, 1.82) is 5.26 Å². The van der Waals surface area contributed by atoms with E-state index in [1.54, 1.807) is 6.33 Å². The Hall–Kier alpha value is -3.13. The highest BCUT2D eigenvalue weighted by Gasteiger charge is 2.15. The second-order valence-corrected chi connectivity index (χ2v) is 4.81. The summed E-state index contributed by atoms with van der Waals surface area (Å²) in [4.78, 5) is 4.44. The molecule has 4 aromatic rings. The molecule has 5 nitrogen and oxygen atoms in total. The summed E-state index contributed by atoms with van der Waals surface area (Å²) in [6.07, 6.45) is 1.78. The second-order valence-electron chi connectivity index (χ2n) is 4.81. The number of nitriles is 1. The molecule has 2 heterocycles. The molecule has 0 amide bonds. The maximum absolute atomic E-state index is 9.11. The molecule has 2 aromatic heterocycles. The molecule has 100 valence electrons. The zero-order chi connectivity index (χ0) is 14.2. The number of hydrogen-bond acceptors (Lipinski definition) is 4. The summed E-state index contributed by atoms with van der Waals surface area (Å²) < 4.78 is 7.09. The zero-order valence-corrected chi connectivity index (χ0v) is 11.0. The predicted molar refractivity (Wildman–Crippen MR) is 77.6 cm³/mol. The molecular weight excluding hydrogens is 264 g/mol. The van der Waals surface area contributed by atoms with E-state index in [9.17, 15) is 0 Å². The number of nitrogens with zero attached hydrogens (tertiary/aromatic N) is 4. The Balaban J connectivity index is 1.91. The van der Waals surface area contributed by atoms with Crippen molar-refractivity contribution in [3.8, 4) is 6.07 Å². The van der Waals surface area contributed by atoms with Gasteiger partial charge in [0.15, 0.2) is 0 Å². The normalized spacial score (nSPS) is 11.0. The molecule has 0 saturated carbocycles. The third kappa shape index (κ3) is 1.77. The Bertz CT molecular complexity index is 976. The number of hydrogen-bond donors (Lipinski definition) is 0. The van der Waals surface area contributed by atoms with Gasteiger partial charge in [0.05, 0.1) is 17.2 Å². The Kier molecular flexibility index (Phi) is 2.48. The van der Waals surface area contributed by atoms with Gasteiger partial charge in [-0.25, -0.2) is 4.98 Å². The van der Waals surface area contributed by atoms with Crippen molar-refractivity contribution >= 4 is 21.9 Å². The van der Waals surface area contributed by atoms with E-state index in [1.807, 2.05) is 36.4 Å². The van der Waals surface area contributed by atoms with Gasteiger partial charge in [-0.15, -0.1) is 0 Å². The smallest absolute Gasteiger partial charge is 0.246 e. The molecule has 0 bridgehead atoms. The summed E-state index contributed by atoms with van der Waals surface area (Å²) in [6, 6.07) is 16.0. The molecular formula is C16H10N4O. The average Bonchev–Trinajstić information content (AvgIpc) is 3.12. The molecule has 0 N–H and O–H groups in total. The molecule has 0 aliphatic heterocycles. The number of rotatable bonds is 2. The number of imidazole rings is 1. The van der Waals surface area contributed by atoms with Crippen LogP contribution >= 0.6 is 0 Å². The second kappa shape index (κ2) is 4.46. The molecule has 21 heavy (non-hydrogen) atoms. The van der Waals surface area contributed by atoms with Crippen molar-refractivity contribution in [2.75, 3.05) is 0 Å². The van der Waals surface area contributed by atoms with Gasteiger partial charge in [0.1, 0.15) is 17.1 Å². The predicted octanol–water partition coefficient (Wildman–Crippen LogP) is 3.10. The molecule has 0 aliphatic carbocycles. The standard InChI is InChI=1S/C16H10N4O/c17-8-14-15-12(19-21-14)6-7-13-16(15)18-10-20(13)9-11-4-2-1-3-5-11/h1-7,10H,9H2. The SMILES string of the molecule is N#Cc1onc2ccc3c(ncn3Cc3ccccc3)c12. The van der Waals surface area contributed by atoms with E-state index >= 15 is 0 Å². The van der Waals surface area contributed by atoms with Gasteiger partial charge >= 0.3 is 0 Å². The third-order valence-electron chi connectivity index (χ3n) is 3.53. The van der Waals surface area contributed by atoms with Gasteiger partial charge in [0, 0.05) is 6.54 Å². The Morgan fingerprint density at radius 1 is 1.14 bits per heavy atom. The van der Waals surface area contributed by atoms with E-state index in [-0.39, 0.29) is 5.76 Å². The van der Waals surface area contributed by atoms with Crippen LogP contribution in [-0.4, -0.2) is 14.7 Å². The van der Waals surface area contributed by atoms with E-state index in [0.29, 0.717) is 10.9 Å². The fourth-order valence-corrected chi connectivity index (χ4v) is 2.54. The minimum atomic E-state index is 0.209. The molecule has 0 atom stereocenters. The fourth-order valence-electron chi connectivity index (χ4n) is 2.54. The summed E-state index contributed by atoms with van der Waals surface area (Å²) in [7, 11) is 0. The van der Waals surface area contributed by atoms with Crippen LogP contribution in [0.25, 0.3) is 21.9 Å². The van der Waals surface area contributed by atoms with E-state index < -0.39 is 0 Å². The van der Waals surface area contributed by atoms with Crippen LogP contribution in [0.3, 0.4) is 0 Å². The van der Waals surface area contributed by atoms with Gasteiger partial charge in [-0.3, -0.25) is 0 Å². The monoisotopic (exact) mass is 274 g/mol. The third-order valence-corrected chi connectivity index (χ3v) is 3.53. The van der Waals surface area contributed by atoms with Crippen molar-refractivity contribution in [3.05, 3.63) is 60.1 Å². The van der Waals surface area contributed by atoms with Crippen molar-refractivity contribution in [1.82, 2.24) is 14.7 Å². The van der Waals surface area contributed by atoms with Gasteiger partial charge in [-0.05, 0) is 17.7 Å². The summed E-state index contributed by atoms with van der Waals surface area (Å²) in [5.41, 5.74) is 3.57. The average molecular weight is 274 g/mol. The molecule has 0 saturated heterocycles. The Morgan fingerprint density at radius 2 is 2.00 bits per heavy atom. The van der Waals surface area contributed by atoms with Crippen LogP contribution in [-0.2, 0) is 6.54 Å². The van der Waals surface area contributed by atoms with E-state index in [2.05, 4.69) is 26.8 Å². The molecule has 2 aromatic carbocycles. The van der Waals surface area contributed by atoms with Crippen LogP contribution in [0.15, 0.2) is 53.3 Å². The van der Waals surface area contributed by atoms with E-state index in [4.69, 9.17) is 9.78 Å². The Labute approximate surface area is 120 Å². The number of aromatic nitrogens is 3. The Morgan fingerprint density at radius 3 is 2.81 bits per heavy atom. The minimum absolute atomic E-state index is 0.209. The van der Waals surface area contributed by atoms with Gasteiger partial charge < -0.3 is 9.09 Å². The fraction of sp³-hybridized carbons (Fsp3) is 0.0625. The molecule has 0 spiro atoms. The summed E-state index contributed by atoms with van der Waals surface area (Å²) in [6.45, 7) is 0.732. The maximum Gasteiger partial charge on any atom is 0.246 e. The summed E-state index contributed by atoms with van der Waals surface area (Å²) >= 11 is 0. The first-order valence-corrected chi connectivity index (χ1v) is 6.54. The quantitative estimate of drug-likeness (QED) is 0.563. The lowest BCUT2D eigenvalue weighted by atomic mass is 10.2. The largest absolute Gasteiger partial charge is 0.344 e. The van der Waals surface area contributed by atoms with Crippen molar-refractivity contribution < 1.29 is 4.52 Å². The van der Waals surface area contributed by atoms with Crippen molar-refractivity contribution in [2.24, 2.45) is 0 Å². The number of fused-ring (bicyclic) bond motifs is 3. The molecule has 0 unspecified atom stereocenters. The van der Waals surface area contributed by atoms with Crippen molar-refractivity contribution in [3.63, 3.8) is 0 Å². The van der Waals surface area contributed by atoms with Crippen LogP contribution in [0.4, 0.5) is 0 Å². The lowest BCUT2D eigenvalue weighted by molar-refractivity contribution is 0.418. The summed E-state index contributed by atoms with van der Waals surface area (Å²) in [5, 5.41) is 13.7. The van der Waals surface area contributed by atoms with Crippen LogP contribution in [0, 0.1) is 11.3 Å². The van der Waals surface area contributed by atoms with Crippen molar-refractivity contribution in [2.45, 2.75) is 6.54 Å². The minimum Gasteiger partial charge on any atom is -0.344 e. The first kappa shape index (κ1) is 11.7. The van der Waals surface area contributed by atoms with E-state index in [1.165, 1.54) is 5.56 Å². The molecule has 0 aliphatic rings. The van der Waals surface area contributed by atoms with Gasteiger partial charge in [-0.1, -0.05) is 35.5 Å². The first-order valence-electron chi connectivity index (χ1n) is 6.54. The lowest BCUT2D eigenvalue weighted by Gasteiger charge is -2.04. The zero-order valence-electron chi connectivity index (χ0n) is 11.0. The maximum atomic E-state index is 9.11.